The Hall–Kier alpha value is -1.07. The molecular formula is C11H13Cl2N3O2. The number of anilines is 1. The smallest absolute Gasteiger partial charge is 0.308 e. The molecule has 0 spiro atoms. The number of carboxylic acids is 1. The number of aromatic nitrogens is 2. The summed E-state index contributed by atoms with van der Waals surface area (Å²) in [6.45, 7) is 0. The Bertz CT molecular complexity index is 456. The van der Waals surface area contributed by atoms with Crippen molar-refractivity contribution in [3.63, 3.8) is 0 Å². The minimum Gasteiger partial charge on any atom is -0.481 e. The summed E-state index contributed by atoms with van der Waals surface area (Å²) < 4.78 is 0. The zero-order valence-corrected chi connectivity index (χ0v) is 11.1. The average molecular weight is 290 g/mol. The van der Waals surface area contributed by atoms with Gasteiger partial charge in [0.05, 0.1) is 11.6 Å². The van der Waals surface area contributed by atoms with Gasteiger partial charge in [0.25, 0.3) is 0 Å². The fourth-order valence-electron chi connectivity index (χ4n) is 2.25. The topological polar surface area (TPSA) is 75.1 Å². The SMILES string of the molecule is O=C(O)C1CCCCC1Nc1cc(Cl)nnc1Cl. The Labute approximate surface area is 115 Å². The molecule has 1 aliphatic rings. The normalized spacial score (nSPS) is 23.7. The largest absolute Gasteiger partial charge is 0.481 e. The second kappa shape index (κ2) is 5.71. The quantitative estimate of drug-likeness (QED) is 0.895. The van der Waals surface area contributed by atoms with E-state index in [-0.39, 0.29) is 16.3 Å². The van der Waals surface area contributed by atoms with Crippen LogP contribution in [0.4, 0.5) is 5.69 Å². The second-order valence-corrected chi connectivity index (χ2v) is 5.10. The summed E-state index contributed by atoms with van der Waals surface area (Å²) in [6.07, 6.45) is 3.42. The van der Waals surface area contributed by atoms with E-state index >= 15 is 0 Å². The van der Waals surface area contributed by atoms with Crippen LogP contribution in [0, 0.1) is 5.92 Å². The molecule has 18 heavy (non-hydrogen) atoms. The van der Waals surface area contributed by atoms with Crippen LogP contribution in [0.3, 0.4) is 0 Å². The summed E-state index contributed by atoms with van der Waals surface area (Å²) in [6, 6.07) is 1.42. The van der Waals surface area contributed by atoms with Gasteiger partial charge in [0, 0.05) is 12.1 Å². The van der Waals surface area contributed by atoms with Gasteiger partial charge in [-0.1, -0.05) is 36.0 Å². The maximum atomic E-state index is 11.2. The monoisotopic (exact) mass is 289 g/mol. The van der Waals surface area contributed by atoms with E-state index in [1.165, 1.54) is 0 Å². The molecule has 1 heterocycles. The van der Waals surface area contributed by atoms with Crippen molar-refractivity contribution in [2.24, 2.45) is 5.92 Å². The van der Waals surface area contributed by atoms with E-state index in [0.717, 1.165) is 19.3 Å². The van der Waals surface area contributed by atoms with Crippen molar-refractivity contribution in [2.75, 3.05) is 5.32 Å². The Morgan fingerprint density at radius 1 is 1.33 bits per heavy atom. The van der Waals surface area contributed by atoms with Crippen LogP contribution in [0.1, 0.15) is 25.7 Å². The van der Waals surface area contributed by atoms with E-state index in [2.05, 4.69) is 15.5 Å². The van der Waals surface area contributed by atoms with Gasteiger partial charge in [-0.3, -0.25) is 4.79 Å². The lowest BCUT2D eigenvalue weighted by Gasteiger charge is -2.30. The number of hydrogen-bond acceptors (Lipinski definition) is 4. The number of hydrogen-bond donors (Lipinski definition) is 2. The molecule has 0 saturated heterocycles. The van der Waals surface area contributed by atoms with Crippen molar-refractivity contribution >= 4 is 34.9 Å². The van der Waals surface area contributed by atoms with Gasteiger partial charge in [0.1, 0.15) is 0 Å². The van der Waals surface area contributed by atoms with Crippen molar-refractivity contribution < 1.29 is 9.90 Å². The van der Waals surface area contributed by atoms with Gasteiger partial charge in [-0.2, -0.15) is 0 Å². The molecule has 98 valence electrons. The van der Waals surface area contributed by atoms with Gasteiger partial charge in [-0.05, 0) is 12.8 Å². The first-order valence-electron chi connectivity index (χ1n) is 5.76. The zero-order valence-electron chi connectivity index (χ0n) is 9.57. The maximum absolute atomic E-state index is 11.2. The van der Waals surface area contributed by atoms with Gasteiger partial charge < -0.3 is 10.4 Å². The number of rotatable bonds is 3. The molecule has 0 radical (unpaired) electrons. The number of carbonyl (C=O) groups is 1. The highest BCUT2D eigenvalue weighted by molar-refractivity contribution is 6.33. The van der Waals surface area contributed by atoms with E-state index in [1.54, 1.807) is 6.07 Å². The minimum atomic E-state index is -0.781. The summed E-state index contributed by atoms with van der Waals surface area (Å²) in [5.41, 5.74) is 0.537. The van der Waals surface area contributed by atoms with Crippen LogP contribution in [0.25, 0.3) is 0 Å². The van der Waals surface area contributed by atoms with Crippen LogP contribution in [0.5, 0.6) is 0 Å². The highest BCUT2D eigenvalue weighted by Crippen LogP contribution is 2.30. The third kappa shape index (κ3) is 3.03. The summed E-state index contributed by atoms with van der Waals surface area (Å²) in [5, 5.41) is 20.0. The molecule has 0 amide bonds. The fraction of sp³-hybridized carbons (Fsp3) is 0.545. The zero-order chi connectivity index (χ0) is 13.1. The lowest BCUT2D eigenvalue weighted by molar-refractivity contribution is -0.143. The van der Waals surface area contributed by atoms with E-state index in [1.807, 2.05) is 0 Å². The number of carboxylic acid groups (broad SMARTS) is 1. The van der Waals surface area contributed by atoms with Crippen LogP contribution < -0.4 is 5.32 Å². The van der Waals surface area contributed by atoms with Crippen LogP contribution in [-0.4, -0.2) is 27.3 Å². The first kappa shape index (κ1) is 13.4. The van der Waals surface area contributed by atoms with Crippen molar-refractivity contribution in [3.05, 3.63) is 16.4 Å². The average Bonchev–Trinajstić information content (AvgIpc) is 2.34. The maximum Gasteiger partial charge on any atom is 0.308 e. The minimum absolute atomic E-state index is 0.144. The van der Waals surface area contributed by atoms with E-state index in [9.17, 15) is 9.90 Å². The number of halogens is 2. The molecule has 1 fully saturated rings. The Morgan fingerprint density at radius 3 is 2.78 bits per heavy atom. The predicted molar refractivity (Wildman–Crippen MR) is 69.1 cm³/mol. The molecule has 0 aromatic carbocycles. The summed E-state index contributed by atoms with van der Waals surface area (Å²) in [4.78, 5) is 11.2. The molecule has 2 atom stereocenters. The third-order valence-corrected chi connectivity index (χ3v) is 3.61. The molecule has 5 nitrogen and oxygen atoms in total. The standard InChI is InChI=1S/C11H13Cl2N3O2/c12-9-5-8(10(13)16-15-9)14-7-4-2-1-3-6(7)11(17)18/h5-7H,1-4H2,(H,14,15)(H,17,18). The van der Waals surface area contributed by atoms with Crippen molar-refractivity contribution in [1.29, 1.82) is 0 Å². The summed E-state index contributed by atoms with van der Waals surface area (Å²) in [7, 11) is 0. The van der Waals surface area contributed by atoms with Crippen LogP contribution >= 0.6 is 23.2 Å². The molecule has 0 bridgehead atoms. The van der Waals surface area contributed by atoms with Crippen molar-refractivity contribution in [3.8, 4) is 0 Å². The Morgan fingerprint density at radius 2 is 2.06 bits per heavy atom. The van der Waals surface area contributed by atoms with Gasteiger partial charge in [0.15, 0.2) is 10.3 Å². The highest BCUT2D eigenvalue weighted by atomic mass is 35.5. The molecule has 2 rings (SSSR count). The molecule has 1 saturated carbocycles. The molecule has 2 unspecified atom stereocenters. The van der Waals surface area contributed by atoms with Crippen molar-refractivity contribution in [1.82, 2.24) is 10.2 Å². The molecule has 2 N–H and O–H groups in total. The first-order valence-corrected chi connectivity index (χ1v) is 6.51. The molecule has 0 aliphatic heterocycles. The predicted octanol–water partition coefficient (Wildman–Crippen LogP) is 2.84. The lowest BCUT2D eigenvalue weighted by Crippen LogP contribution is -2.37. The fourth-order valence-corrected chi connectivity index (χ4v) is 2.55. The Kier molecular flexibility index (Phi) is 4.24. The van der Waals surface area contributed by atoms with E-state index in [4.69, 9.17) is 23.2 Å². The second-order valence-electron chi connectivity index (χ2n) is 4.35. The summed E-state index contributed by atoms with van der Waals surface area (Å²) in [5.74, 6) is -1.18. The summed E-state index contributed by atoms with van der Waals surface area (Å²) >= 11 is 11.6. The Balaban J connectivity index is 2.15. The molecular weight excluding hydrogens is 277 g/mol. The first-order chi connectivity index (χ1) is 8.58. The van der Waals surface area contributed by atoms with Crippen molar-refractivity contribution in [2.45, 2.75) is 31.7 Å². The van der Waals surface area contributed by atoms with E-state index in [0.29, 0.717) is 12.1 Å². The number of nitrogens with zero attached hydrogens (tertiary/aromatic N) is 2. The van der Waals surface area contributed by atoms with Gasteiger partial charge in [0.2, 0.25) is 0 Å². The molecule has 1 aromatic heterocycles. The van der Waals surface area contributed by atoms with Crippen LogP contribution in [0.15, 0.2) is 6.07 Å². The number of aliphatic carboxylic acids is 1. The molecule has 1 aromatic rings. The third-order valence-electron chi connectivity index (χ3n) is 3.14. The van der Waals surface area contributed by atoms with Crippen LogP contribution in [-0.2, 0) is 4.79 Å². The van der Waals surface area contributed by atoms with Gasteiger partial charge >= 0.3 is 5.97 Å². The van der Waals surface area contributed by atoms with Gasteiger partial charge in [-0.25, -0.2) is 0 Å². The molecule has 1 aliphatic carbocycles. The highest BCUT2D eigenvalue weighted by Gasteiger charge is 2.31. The van der Waals surface area contributed by atoms with Gasteiger partial charge in [-0.15, -0.1) is 10.2 Å². The molecule has 7 heteroatoms. The number of nitrogens with one attached hydrogen (secondary N) is 1. The lowest BCUT2D eigenvalue weighted by atomic mass is 9.84. The van der Waals surface area contributed by atoms with E-state index < -0.39 is 11.9 Å². The van der Waals surface area contributed by atoms with Crippen LogP contribution in [0.2, 0.25) is 10.3 Å².